The largest absolute Gasteiger partial charge is 0.389 e. The average Bonchev–Trinajstić information content (AvgIpc) is 3.43. The first-order chi connectivity index (χ1) is 19.5. The van der Waals surface area contributed by atoms with Crippen molar-refractivity contribution in [3.05, 3.63) is 77.5 Å². The lowest BCUT2D eigenvalue weighted by atomic mass is 9.90. The fraction of sp³-hybridized carbons (Fsp3) is 0.344. The Labute approximate surface area is 236 Å². The van der Waals surface area contributed by atoms with Crippen LogP contribution in [0, 0.1) is 23.0 Å². The summed E-state index contributed by atoms with van der Waals surface area (Å²) in [5, 5.41) is 24.5. The molecule has 41 heavy (non-hydrogen) atoms. The minimum absolute atomic E-state index is 0.0850. The first-order valence-corrected chi connectivity index (χ1v) is 13.8. The number of hydrogen-bond acceptors (Lipinski definition) is 5. The molecule has 1 unspecified atom stereocenters. The summed E-state index contributed by atoms with van der Waals surface area (Å²) in [6, 6.07) is 14.4. The van der Waals surface area contributed by atoms with Gasteiger partial charge >= 0.3 is 0 Å². The fourth-order valence-corrected chi connectivity index (χ4v) is 6.42. The third-order valence-electron chi connectivity index (χ3n) is 8.23. The van der Waals surface area contributed by atoms with Crippen LogP contribution in [0.2, 0.25) is 0 Å². The van der Waals surface area contributed by atoms with Crippen LogP contribution < -0.4 is 5.73 Å². The van der Waals surface area contributed by atoms with Crippen molar-refractivity contribution in [1.29, 1.82) is 5.26 Å². The van der Waals surface area contributed by atoms with Gasteiger partial charge < -0.3 is 15.7 Å². The molecule has 0 radical (unpaired) electrons. The van der Waals surface area contributed by atoms with E-state index in [1.54, 1.807) is 55.1 Å². The van der Waals surface area contributed by atoms with E-state index in [1.807, 2.05) is 11.0 Å². The average molecular weight is 556 g/mol. The van der Waals surface area contributed by atoms with Crippen LogP contribution in [0.25, 0.3) is 33.2 Å². The topological polar surface area (TPSA) is 108 Å². The van der Waals surface area contributed by atoms with Gasteiger partial charge in [-0.3, -0.25) is 9.48 Å². The number of piperidine rings is 1. The van der Waals surface area contributed by atoms with Crippen LogP contribution in [0.1, 0.15) is 55.5 Å². The van der Waals surface area contributed by atoms with Crippen LogP contribution >= 0.6 is 0 Å². The first-order valence-electron chi connectivity index (χ1n) is 13.8. The number of halogens is 2. The maximum absolute atomic E-state index is 15.8. The highest BCUT2D eigenvalue weighted by Gasteiger charge is 2.42. The molecule has 6 rings (SSSR count). The van der Waals surface area contributed by atoms with Crippen molar-refractivity contribution < 1.29 is 18.7 Å². The second kappa shape index (κ2) is 10.1. The molecule has 0 spiro atoms. The van der Waals surface area contributed by atoms with Gasteiger partial charge in [0.2, 0.25) is 0 Å². The molecule has 3 N–H and O–H groups in total. The zero-order valence-corrected chi connectivity index (χ0v) is 22.9. The van der Waals surface area contributed by atoms with Gasteiger partial charge in [-0.05, 0) is 86.6 Å². The lowest BCUT2D eigenvalue weighted by Crippen LogP contribution is -2.50. The van der Waals surface area contributed by atoms with Crippen LogP contribution in [0.4, 0.5) is 8.78 Å². The summed E-state index contributed by atoms with van der Waals surface area (Å²) in [4.78, 5) is 15.7. The van der Waals surface area contributed by atoms with Gasteiger partial charge in [-0.25, -0.2) is 8.78 Å². The van der Waals surface area contributed by atoms with Crippen LogP contribution in [0.5, 0.6) is 0 Å². The lowest BCUT2D eigenvalue weighted by molar-refractivity contribution is 0.0572. The van der Waals surface area contributed by atoms with Crippen molar-refractivity contribution in [3.63, 3.8) is 0 Å². The Balaban J connectivity index is 1.47. The van der Waals surface area contributed by atoms with Crippen LogP contribution in [-0.4, -0.2) is 49.4 Å². The number of benzene rings is 3. The van der Waals surface area contributed by atoms with Crippen molar-refractivity contribution in [3.8, 4) is 28.3 Å². The van der Waals surface area contributed by atoms with Gasteiger partial charge in [-0.2, -0.15) is 10.4 Å². The van der Waals surface area contributed by atoms with E-state index in [1.165, 1.54) is 18.2 Å². The summed E-state index contributed by atoms with van der Waals surface area (Å²) in [7, 11) is 0. The number of aliphatic hydroxyl groups is 1. The van der Waals surface area contributed by atoms with Gasteiger partial charge in [0.15, 0.2) is 0 Å². The molecular weight excluding hydrogens is 524 g/mol. The summed E-state index contributed by atoms with van der Waals surface area (Å²) in [6.45, 7) is 3.49. The Morgan fingerprint density at radius 3 is 2.44 bits per heavy atom. The molecule has 3 heterocycles. The highest BCUT2D eigenvalue weighted by molar-refractivity contribution is 5.99. The Morgan fingerprint density at radius 1 is 1.05 bits per heavy atom. The summed E-state index contributed by atoms with van der Waals surface area (Å²) < 4.78 is 32.1. The molecule has 2 aliphatic rings. The van der Waals surface area contributed by atoms with Gasteiger partial charge in [0.05, 0.1) is 29.4 Å². The Kier molecular flexibility index (Phi) is 6.63. The standard InChI is InChI=1S/C32H31F2N5O2/c1-32(2,41)17-38-30-14-29(34)27(10-21(30)16-37-38)25-8-5-19(9-26(25)18-3-4-20(15-35)28(33)11-18)31(40)39-23-6-7-24(39)13-22(36)12-23/h3-5,8-11,14,16,22-24,41H,6-7,12-13,17,36H2,1-2H3/t22?,23-,24+. The molecule has 3 atom stereocenters. The van der Waals surface area contributed by atoms with Crippen molar-refractivity contribution in [2.75, 3.05) is 0 Å². The summed E-state index contributed by atoms with van der Waals surface area (Å²) >= 11 is 0. The zero-order valence-electron chi connectivity index (χ0n) is 22.9. The number of nitriles is 1. The smallest absolute Gasteiger partial charge is 0.254 e. The SMILES string of the molecule is CC(C)(O)Cn1ncc2cc(-c3ccc(C(=O)N4[C@@H]5CC[C@H]4CC(N)C5)cc3-c3ccc(C#N)c(F)c3)c(F)cc21. The molecule has 9 heteroatoms. The number of amides is 1. The number of fused-ring (bicyclic) bond motifs is 3. The van der Waals surface area contributed by atoms with Crippen molar-refractivity contribution in [2.24, 2.45) is 5.73 Å². The van der Waals surface area contributed by atoms with Crippen molar-refractivity contribution in [2.45, 2.75) is 69.8 Å². The summed E-state index contributed by atoms with van der Waals surface area (Å²) in [5.41, 5.74) is 7.68. The minimum atomic E-state index is -1.04. The molecule has 1 amide bonds. The number of carbonyl (C=O) groups is 1. The molecule has 1 aromatic heterocycles. The molecule has 2 bridgehead atoms. The predicted octanol–water partition coefficient (Wildman–Crippen LogP) is 5.39. The monoisotopic (exact) mass is 555 g/mol. The fourth-order valence-electron chi connectivity index (χ4n) is 6.42. The normalized spacial score (nSPS) is 20.4. The molecule has 2 fully saturated rings. The quantitative estimate of drug-likeness (QED) is 0.344. The van der Waals surface area contributed by atoms with E-state index in [2.05, 4.69) is 5.10 Å². The summed E-state index contributed by atoms with van der Waals surface area (Å²) in [6.07, 6.45) is 4.98. The van der Waals surface area contributed by atoms with Crippen LogP contribution in [-0.2, 0) is 6.54 Å². The Bertz CT molecular complexity index is 1700. The molecule has 2 saturated heterocycles. The van der Waals surface area contributed by atoms with E-state index < -0.39 is 17.2 Å². The molecule has 3 aromatic carbocycles. The number of aromatic nitrogens is 2. The molecule has 7 nitrogen and oxygen atoms in total. The van der Waals surface area contributed by atoms with E-state index in [9.17, 15) is 19.6 Å². The highest BCUT2D eigenvalue weighted by atomic mass is 19.1. The maximum atomic E-state index is 15.8. The molecule has 0 saturated carbocycles. The van der Waals surface area contributed by atoms with E-state index in [0.29, 0.717) is 33.2 Å². The lowest BCUT2D eigenvalue weighted by Gasteiger charge is -2.38. The van der Waals surface area contributed by atoms with Gasteiger partial charge in [-0.15, -0.1) is 0 Å². The van der Waals surface area contributed by atoms with E-state index in [-0.39, 0.29) is 41.7 Å². The minimum Gasteiger partial charge on any atom is -0.389 e. The van der Waals surface area contributed by atoms with Gasteiger partial charge in [0.1, 0.15) is 17.7 Å². The Morgan fingerprint density at radius 2 is 1.78 bits per heavy atom. The second-order valence-corrected chi connectivity index (χ2v) is 11.9. The zero-order chi connectivity index (χ0) is 29.1. The number of rotatable bonds is 5. The van der Waals surface area contributed by atoms with Crippen molar-refractivity contribution >= 4 is 16.8 Å². The predicted molar refractivity (Wildman–Crippen MR) is 152 cm³/mol. The van der Waals surface area contributed by atoms with Gasteiger partial charge in [0.25, 0.3) is 5.91 Å². The van der Waals surface area contributed by atoms with E-state index >= 15 is 4.39 Å². The Hall–Kier alpha value is -4.13. The van der Waals surface area contributed by atoms with Crippen LogP contribution in [0.15, 0.2) is 54.7 Å². The first kappa shape index (κ1) is 27.1. The summed E-state index contributed by atoms with van der Waals surface area (Å²) in [5.74, 6) is -1.33. The van der Waals surface area contributed by atoms with Gasteiger partial charge in [0, 0.05) is 40.7 Å². The maximum Gasteiger partial charge on any atom is 0.254 e. The molecule has 4 aromatic rings. The van der Waals surface area contributed by atoms with E-state index in [4.69, 9.17) is 5.73 Å². The molecule has 2 aliphatic heterocycles. The van der Waals surface area contributed by atoms with Crippen LogP contribution in [0.3, 0.4) is 0 Å². The molecule has 0 aliphatic carbocycles. The van der Waals surface area contributed by atoms with Crippen molar-refractivity contribution in [1.82, 2.24) is 14.7 Å². The third-order valence-corrected chi connectivity index (χ3v) is 8.23. The van der Waals surface area contributed by atoms with E-state index in [0.717, 1.165) is 25.7 Å². The number of carbonyl (C=O) groups excluding carboxylic acids is 1. The second-order valence-electron chi connectivity index (χ2n) is 11.9. The molecular formula is C32H31F2N5O2. The number of nitrogens with zero attached hydrogens (tertiary/aromatic N) is 4. The highest BCUT2D eigenvalue weighted by Crippen LogP contribution is 2.40. The number of hydrogen-bond donors (Lipinski definition) is 2. The van der Waals surface area contributed by atoms with Gasteiger partial charge in [-0.1, -0.05) is 12.1 Å². The number of nitrogens with two attached hydrogens (primary N) is 1. The molecule has 210 valence electrons. The third kappa shape index (κ3) is 4.98.